The normalized spacial score (nSPS) is 18.3. The molecule has 0 spiro atoms. The largest absolute Gasteiger partial charge is 0.479 e. The zero-order chi connectivity index (χ0) is 13.0. The molecule has 18 heavy (non-hydrogen) atoms. The van der Waals surface area contributed by atoms with E-state index in [0.717, 1.165) is 12.0 Å². The Hall–Kier alpha value is -1.35. The fourth-order valence-electron chi connectivity index (χ4n) is 1.85. The molecule has 2 rings (SSSR count). The fourth-order valence-corrected chi connectivity index (χ4v) is 1.85. The van der Waals surface area contributed by atoms with Gasteiger partial charge in [0, 0.05) is 0 Å². The van der Waals surface area contributed by atoms with Crippen molar-refractivity contribution >= 4 is 5.97 Å². The molecule has 0 bridgehead atoms. The van der Waals surface area contributed by atoms with Crippen LogP contribution in [0.2, 0.25) is 0 Å². The Morgan fingerprint density at radius 2 is 2.06 bits per heavy atom. The van der Waals surface area contributed by atoms with Crippen LogP contribution in [0.5, 0.6) is 0 Å². The van der Waals surface area contributed by atoms with Crippen molar-refractivity contribution in [3.05, 3.63) is 35.9 Å². The van der Waals surface area contributed by atoms with E-state index in [1.165, 1.54) is 12.8 Å². The Bertz CT molecular complexity index is 397. The molecule has 1 N–H and O–H groups in total. The van der Waals surface area contributed by atoms with Crippen LogP contribution >= 0.6 is 0 Å². The quantitative estimate of drug-likeness (QED) is 0.807. The lowest BCUT2D eigenvalue weighted by Gasteiger charge is -2.25. The van der Waals surface area contributed by atoms with Gasteiger partial charge in [-0.25, -0.2) is 4.79 Å². The van der Waals surface area contributed by atoms with E-state index in [1.807, 2.05) is 30.3 Å². The molecule has 1 unspecified atom stereocenters. The minimum absolute atomic E-state index is 0.513. The van der Waals surface area contributed by atoms with Crippen LogP contribution in [0, 0.1) is 5.92 Å². The predicted molar refractivity (Wildman–Crippen MR) is 69.5 cm³/mol. The topological polar surface area (TPSA) is 46.5 Å². The van der Waals surface area contributed by atoms with E-state index in [-0.39, 0.29) is 0 Å². The molecule has 1 atom stereocenters. The van der Waals surface area contributed by atoms with Gasteiger partial charge in [-0.3, -0.25) is 0 Å². The second-order valence-electron chi connectivity index (χ2n) is 5.28. The van der Waals surface area contributed by atoms with E-state index in [0.29, 0.717) is 18.9 Å². The van der Waals surface area contributed by atoms with Crippen LogP contribution in [0.25, 0.3) is 0 Å². The summed E-state index contributed by atoms with van der Waals surface area (Å²) in [7, 11) is 0. The molecule has 0 saturated heterocycles. The van der Waals surface area contributed by atoms with Crippen molar-refractivity contribution in [2.45, 2.75) is 38.2 Å². The fraction of sp³-hybridized carbons (Fsp3) is 0.533. The highest BCUT2D eigenvalue weighted by Crippen LogP contribution is 2.31. The summed E-state index contributed by atoms with van der Waals surface area (Å²) in [6, 6.07) is 9.94. The van der Waals surface area contributed by atoms with Crippen LogP contribution in [0.1, 0.15) is 31.7 Å². The molecule has 98 valence electrons. The van der Waals surface area contributed by atoms with Crippen molar-refractivity contribution in [1.29, 1.82) is 0 Å². The Morgan fingerprint density at radius 3 is 2.61 bits per heavy atom. The summed E-state index contributed by atoms with van der Waals surface area (Å²) in [5.74, 6) is -0.278. The lowest BCUT2D eigenvalue weighted by atomic mass is 9.96. The summed E-state index contributed by atoms with van der Waals surface area (Å²) in [5.41, 5.74) is 0.0957. The van der Waals surface area contributed by atoms with E-state index in [9.17, 15) is 9.90 Å². The molecule has 1 saturated carbocycles. The van der Waals surface area contributed by atoms with Gasteiger partial charge in [0.25, 0.3) is 0 Å². The van der Waals surface area contributed by atoms with Crippen LogP contribution in [0.15, 0.2) is 30.3 Å². The molecule has 1 aromatic rings. The maximum Gasteiger partial charge on any atom is 0.335 e. The van der Waals surface area contributed by atoms with Gasteiger partial charge < -0.3 is 9.84 Å². The van der Waals surface area contributed by atoms with E-state index < -0.39 is 11.6 Å². The third kappa shape index (κ3) is 3.57. The highest BCUT2D eigenvalue weighted by atomic mass is 16.5. The molecule has 1 aromatic carbocycles. The zero-order valence-corrected chi connectivity index (χ0v) is 10.8. The number of carboxylic acid groups (broad SMARTS) is 1. The minimum Gasteiger partial charge on any atom is -0.479 e. The Kier molecular flexibility index (Phi) is 4.02. The summed E-state index contributed by atoms with van der Waals surface area (Å²) in [6.45, 7) is 2.26. The third-order valence-electron chi connectivity index (χ3n) is 3.52. The number of carbonyl (C=O) groups is 1. The summed E-state index contributed by atoms with van der Waals surface area (Å²) >= 11 is 0. The lowest BCUT2D eigenvalue weighted by Crippen LogP contribution is -2.39. The van der Waals surface area contributed by atoms with Gasteiger partial charge >= 0.3 is 5.97 Å². The predicted octanol–water partition coefficient (Wildman–Crippen LogP) is 2.89. The SMILES string of the molecule is CC(CCc1ccccc1)(OCC1CC1)C(=O)O. The summed E-state index contributed by atoms with van der Waals surface area (Å²) in [6.07, 6.45) is 3.59. The van der Waals surface area contributed by atoms with E-state index in [2.05, 4.69) is 0 Å². The monoisotopic (exact) mass is 248 g/mol. The first-order valence-corrected chi connectivity index (χ1v) is 6.51. The molecule has 0 heterocycles. The summed E-state index contributed by atoms with van der Waals surface area (Å²) < 4.78 is 5.64. The lowest BCUT2D eigenvalue weighted by molar-refractivity contribution is -0.165. The number of carboxylic acids is 1. The van der Waals surface area contributed by atoms with Gasteiger partial charge in [-0.1, -0.05) is 30.3 Å². The summed E-state index contributed by atoms with van der Waals surface area (Å²) in [4.78, 5) is 11.4. The minimum atomic E-state index is -1.06. The van der Waals surface area contributed by atoms with Crippen molar-refractivity contribution in [3.63, 3.8) is 0 Å². The molecule has 0 radical (unpaired) electrons. The van der Waals surface area contributed by atoms with Crippen LogP contribution in [-0.2, 0) is 16.0 Å². The van der Waals surface area contributed by atoms with Crippen LogP contribution < -0.4 is 0 Å². The number of aryl methyl sites for hydroxylation is 1. The van der Waals surface area contributed by atoms with Gasteiger partial charge in [0.1, 0.15) is 0 Å². The first kappa shape index (κ1) is 13.1. The van der Waals surface area contributed by atoms with Crippen LogP contribution in [0.3, 0.4) is 0 Å². The van der Waals surface area contributed by atoms with Crippen LogP contribution in [-0.4, -0.2) is 23.3 Å². The Morgan fingerprint density at radius 1 is 1.39 bits per heavy atom. The van der Waals surface area contributed by atoms with Gasteiger partial charge in [0.2, 0.25) is 0 Å². The zero-order valence-electron chi connectivity index (χ0n) is 10.8. The van der Waals surface area contributed by atoms with E-state index >= 15 is 0 Å². The standard InChI is InChI=1S/C15H20O3/c1-15(14(16)17,18-11-13-7-8-13)10-9-12-5-3-2-4-6-12/h2-6,13H,7-11H2,1H3,(H,16,17). The molecular weight excluding hydrogens is 228 g/mol. The van der Waals surface area contributed by atoms with Gasteiger partial charge in [-0.2, -0.15) is 0 Å². The van der Waals surface area contributed by atoms with Crippen molar-refractivity contribution in [2.75, 3.05) is 6.61 Å². The molecule has 1 aliphatic rings. The number of ether oxygens (including phenoxy) is 1. The summed E-state index contributed by atoms with van der Waals surface area (Å²) in [5, 5.41) is 9.32. The second kappa shape index (κ2) is 5.53. The molecule has 1 fully saturated rings. The van der Waals surface area contributed by atoms with E-state index in [1.54, 1.807) is 6.92 Å². The first-order chi connectivity index (χ1) is 8.60. The maximum absolute atomic E-state index is 11.4. The molecule has 3 nitrogen and oxygen atoms in total. The second-order valence-corrected chi connectivity index (χ2v) is 5.28. The molecule has 0 aromatic heterocycles. The van der Waals surface area contributed by atoms with Gasteiger partial charge in [0.15, 0.2) is 5.60 Å². The van der Waals surface area contributed by atoms with Gasteiger partial charge in [-0.05, 0) is 44.1 Å². The molecule has 1 aliphatic carbocycles. The number of rotatable bonds is 7. The molecule has 3 heteroatoms. The highest BCUT2D eigenvalue weighted by molar-refractivity contribution is 5.76. The van der Waals surface area contributed by atoms with Crippen molar-refractivity contribution < 1.29 is 14.6 Å². The Labute approximate surface area is 108 Å². The average molecular weight is 248 g/mol. The molecule has 0 aliphatic heterocycles. The van der Waals surface area contributed by atoms with Crippen molar-refractivity contribution in [3.8, 4) is 0 Å². The highest BCUT2D eigenvalue weighted by Gasteiger charge is 2.36. The average Bonchev–Trinajstić information content (AvgIpc) is 3.19. The van der Waals surface area contributed by atoms with Gasteiger partial charge in [0.05, 0.1) is 6.61 Å². The Balaban J connectivity index is 1.90. The maximum atomic E-state index is 11.4. The van der Waals surface area contributed by atoms with Gasteiger partial charge in [-0.15, -0.1) is 0 Å². The smallest absolute Gasteiger partial charge is 0.335 e. The van der Waals surface area contributed by atoms with Crippen LogP contribution in [0.4, 0.5) is 0 Å². The molecule has 0 amide bonds. The van der Waals surface area contributed by atoms with E-state index in [4.69, 9.17) is 4.74 Å². The number of benzene rings is 1. The number of hydrogen-bond acceptors (Lipinski definition) is 2. The van der Waals surface area contributed by atoms with Crippen molar-refractivity contribution in [2.24, 2.45) is 5.92 Å². The molecular formula is C15H20O3. The first-order valence-electron chi connectivity index (χ1n) is 6.51. The number of aliphatic carboxylic acids is 1. The van der Waals surface area contributed by atoms with Crippen molar-refractivity contribution in [1.82, 2.24) is 0 Å². The third-order valence-corrected chi connectivity index (χ3v) is 3.52. The number of hydrogen-bond donors (Lipinski definition) is 1.